The second kappa shape index (κ2) is 65.3. The van der Waals surface area contributed by atoms with Crippen molar-refractivity contribution in [1.82, 2.24) is 5.32 Å². The van der Waals surface area contributed by atoms with E-state index in [0.29, 0.717) is 25.9 Å². The molecule has 0 fully saturated rings. The number of aliphatic hydroxyl groups excluding tert-OH is 2. The molecule has 1 amide bonds. The molecule has 0 aliphatic rings. The quantitative estimate of drug-likeness (QED) is 0.0320. The maximum atomic E-state index is 12.5. The van der Waals surface area contributed by atoms with Crippen molar-refractivity contribution in [3.8, 4) is 0 Å². The lowest BCUT2D eigenvalue weighted by Crippen LogP contribution is -2.45. The minimum Gasteiger partial charge on any atom is -0.466 e. The molecule has 446 valence electrons. The van der Waals surface area contributed by atoms with Gasteiger partial charge >= 0.3 is 5.97 Å². The number of aliphatic hydroxyl groups is 2. The van der Waals surface area contributed by atoms with Crippen LogP contribution in [0.25, 0.3) is 0 Å². The lowest BCUT2D eigenvalue weighted by Gasteiger charge is -2.22. The Hall–Kier alpha value is -2.18. The van der Waals surface area contributed by atoms with Crippen LogP contribution in [0.15, 0.2) is 48.6 Å². The minimum atomic E-state index is -0.662. The molecule has 0 aliphatic carbocycles. The molecule has 0 aromatic rings. The van der Waals surface area contributed by atoms with Crippen LogP contribution < -0.4 is 5.32 Å². The first-order valence-corrected chi connectivity index (χ1v) is 33.9. The third kappa shape index (κ3) is 61.0. The van der Waals surface area contributed by atoms with Gasteiger partial charge in [-0.25, -0.2) is 0 Å². The number of esters is 1. The fourth-order valence-electron chi connectivity index (χ4n) is 10.4. The fraction of sp³-hybridized carbons (Fsp3) is 0.857. The Morgan fingerprint density at radius 2 is 0.684 bits per heavy atom. The van der Waals surface area contributed by atoms with Gasteiger partial charge in [0.1, 0.15) is 0 Å². The number of nitrogens with one attached hydrogen (secondary N) is 1. The van der Waals surface area contributed by atoms with Crippen LogP contribution in [0.5, 0.6) is 0 Å². The summed E-state index contributed by atoms with van der Waals surface area (Å²) in [5.41, 5.74) is 0. The number of rotatable bonds is 63. The molecule has 0 aliphatic heterocycles. The molecule has 6 nitrogen and oxygen atoms in total. The summed E-state index contributed by atoms with van der Waals surface area (Å²) >= 11 is 0. The molecule has 2 unspecified atom stereocenters. The summed E-state index contributed by atoms with van der Waals surface area (Å²) in [6.07, 6.45) is 84.4. The summed E-state index contributed by atoms with van der Waals surface area (Å²) in [5.74, 6) is -0.0334. The van der Waals surface area contributed by atoms with Crippen LogP contribution in [0.4, 0.5) is 0 Å². The van der Waals surface area contributed by atoms with Crippen molar-refractivity contribution < 1.29 is 24.5 Å². The van der Waals surface area contributed by atoms with E-state index in [-0.39, 0.29) is 18.5 Å². The number of allylic oxidation sites excluding steroid dienone is 8. The third-order valence-electron chi connectivity index (χ3n) is 15.6. The van der Waals surface area contributed by atoms with Gasteiger partial charge in [-0.1, -0.05) is 313 Å². The van der Waals surface area contributed by atoms with Crippen LogP contribution in [-0.4, -0.2) is 47.4 Å². The third-order valence-corrected chi connectivity index (χ3v) is 15.6. The standard InChI is InChI=1S/C70H131NO5/c1-3-5-7-9-11-13-15-38-42-46-50-54-58-62-68(73)67(66-72)71-69(74)63-59-55-51-47-43-40-36-34-32-30-28-26-24-22-20-18-17-19-21-23-25-27-29-31-33-35-37-41-45-49-53-57-61-65-76-70(75)64-60-56-52-48-44-39-16-14-12-10-8-6-4-2/h8,10,14,16,21,23,27,29,67-68,72-73H,3-7,9,11-13,15,17-20,22,24-26,28,30-66H2,1-2H3,(H,71,74)/b10-8-,16-14-,23-21-,29-27-. The van der Waals surface area contributed by atoms with E-state index in [0.717, 1.165) is 57.8 Å². The lowest BCUT2D eigenvalue weighted by molar-refractivity contribution is -0.143. The Labute approximate surface area is 474 Å². The maximum Gasteiger partial charge on any atom is 0.305 e. The van der Waals surface area contributed by atoms with E-state index in [4.69, 9.17) is 4.74 Å². The minimum absolute atomic E-state index is 0.00139. The molecule has 0 rings (SSSR count). The van der Waals surface area contributed by atoms with Gasteiger partial charge in [-0.2, -0.15) is 0 Å². The van der Waals surface area contributed by atoms with Gasteiger partial charge in [0.15, 0.2) is 0 Å². The summed E-state index contributed by atoms with van der Waals surface area (Å²) in [6, 6.07) is -0.540. The first-order valence-electron chi connectivity index (χ1n) is 33.9. The Balaban J connectivity index is 3.38. The van der Waals surface area contributed by atoms with E-state index in [1.54, 1.807) is 0 Å². The molecule has 0 heterocycles. The number of carbonyl (C=O) groups excluding carboxylic acids is 2. The second-order valence-corrected chi connectivity index (χ2v) is 23.1. The fourth-order valence-corrected chi connectivity index (χ4v) is 10.4. The normalized spacial score (nSPS) is 12.8. The number of ether oxygens (including phenoxy) is 1. The van der Waals surface area contributed by atoms with Gasteiger partial charge in [0.05, 0.1) is 25.4 Å². The highest BCUT2D eigenvalue weighted by molar-refractivity contribution is 5.76. The zero-order valence-corrected chi connectivity index (χ0v) is 51.0. The summed E-state index contributed by atoms with van der Waals surface area (Å²) in [6.45, 7) is 4.89. The average molecular weight is 1070 g/mol. The summed E-state index contributed by atoms with van der Waals surface area (Å²) in [7, 11) is 0. The summed E-state index contributed by atoms with van der Waals surface area (Å²) < 4.78 is 5.47. The molecular formula is C70H131NO5. The van der Waals surface area contributed by atoms with E-state index in [1.807, 2.05) is 0 Å². The molecule has 0 radical (unpaired) electrons. The van der Waals surface area contributed by atoms with Crippen molar-refractivity contribution in [2.45, 2.75) is 373 Å². The Bertz CT molecular complexity index is 1270. The van der Waals surface area contributed by atoms with Gasteiger partial charge in [0, 0.05) is 12.8 Å². The number of amides is 1. The molecular weight excluding hydrogens is 935 g/mol. The number of unbranched alkanes of at least 4 members (excludes halogenated alkanes) is 44. The second-order valence-electron chi connectivity index (χ2n) is 23.1. The number of hydrogen-bond donors (Lipinski definition) is 3. The molecule has 3 N–H and O–H groups in total. The van der Waals surface area contributed by atoms with E-state index in [1.165, 1.54) is 270 Å². The molecule has 0 saturated heterocycles. The van der Waals surface area contributed by atoms with Gasteiger partial charge in [0.25, 0.3) is 0 Å². The van der Waals surface area contributed by atoms with E-state index in [2.05, 4.69) is 67.8 Å². The van der Waals surface area contributed by atoms with Crippen molar-refractivity contribution in [2.24, 2.45) is 0 Å². The smallest absolute Gasteiger partial charge is 0.305 e. The van der Waals surface area contributed by atoms with Crippen molar-refractivity contribution in [1.29, 1.82) is 0 Å². The molecule has 0 aromatic carbocycles. The molecule has 0 bridgehead atoms. The van der Waals surface area contributed by atoms with Crippen molar-refractivity contribution in [2.75, 3.05) is 13.2 Å². The molecule has 0 aromatic heterocycles. The number of hydrogen-bond acceptors (Lipinski definition) is 5. The Morgan fingerprint density at radius 1 is 0.368 bits per heavy atom. The molecule has 76 heavy (non-hydrogen) atoms. The van der Waals surface area contributed by atoms with E-state index >= 15 is 0 Å². The van der Waals surface area contributed by atoms with Crippen LogP contribution in [0, 0.1) is 0 Å². The predicted octanol–water partition coefficient (Wildman–Crippen LogP) is 21.7. The summed E-state index contributed by atoms with van der Waals surface area (Å²) in [5, 5.41) is 23.3. The largest absolute Gasteiger partial charge is 0.466 e. The molecule has 2 atom stereocenters. The first-order chi connectivity index (χ1) is 37.5. The van der Waals surface area contributed by atoms with Gasteiger partial charge in [0.2, 0.25) is 5.91 Å². The Kier molecular flexibility index (Phi) is 63.5. The van der Waals surface area contributed by atoms with Crippen LogP contribution in [0.3, 0.4) is 0 Å². The van der Waals surface area contributed by atoms with Crippen LogP contribution in [0.1, 0.15) is 361 Å². The highest BCUT2D eigenvalue weighted by Crippen LogP contribution is 2.18. The molecule has 0 saturated carbocycles. The zero-order chi connectivity index (χ0) is 55.0. The molecule has 6 heteroatoms. The number of carbonyl (C=O) groups is 2. The Morgan fingerprint density at radius 3 is 1.05 bits per heavy atom. The maximum absolute atomic E-state index is 12.5. The van der Waals surface area contributed by atoms with Crippen molar-refractivity contribution in [3.63, 3.8) is 0 Å². The van der Waals surface area contributed by atoms with Gasteiger partial charge < -0.3 is 20.3 Å². The van der Waals surface area contributed by atoms with Crippen molar-refractivity contribution >= 4 is 11.9 Å². The zero-order valence-electron chi connectivity index (χ0n) is 51.0. The summed E-state index contributed by atoms with van der Waals surface area (Å²) in [4.78, 5) is 24.5. The van der Waals surface area contributed by atoms with Crippen LogP contribution >= 0.6 is 0 Å². The highest BCUT2D eigenvalue weighted by Gasteiger charge is 2.20. The van der Waals surface area contributed by atoms with Gasteiger partial charge in [-0.3, -0.25) is 9.59 Å². The van der Waals surface area contributed by atoms with E-state index < -0.39 is 12.1 Å². The van der Waals surface area contributed by atoms with E-state index in [9.17, 15) is 19.8 Å². The monoisotopic (exact) mass is 1070 g/mol. The highest BCUT2D eigenvalue weighted by atomic mass is 16.5. The average Bonchev–Trinajstić information content (AvgIpc) is 3.42. The predicted molar refractivity (Wildman–Crippen MR) is 333 cm³/mol. The molecule has 0 spiro atoms. The van der Waals surface area contributed by atoms with Crippen molar-refractivity contribution in [3.05, 3.63) is 48.6 Å². The van der Waals surface area contributed by atoms with Gasteiger partial charge in [-0.05, 0) is 83.5 Å². The first kappa shape index (κ1) is 73.8. The van der Waals surface area contributed by atoms with Crippen LogP contribution in [-0.2, 0) is 14.3 Å². The lowest BCUT2D eigenvalue weighted by atomic mass is 10.0. The topological polar surface area (TPSA) is 95.9 Å². The SMILES string of the molecule is CCC/C=C\C/C=C\CCCCCCCC(=O)OCCCCCCCCCCC/C=C\C/C=C\CCCCCCCCCCCCCCCCCCCC(=O)NC(CO)C(O)CCCCCCCCCCCCCCC. The van der Waals surface area contributed by atoms with Crippen LogP contribution in [0.2, 0.25) is 0 Å². The van der Waals surface area contributed by atoms with Gasteiger partial charge in [-0.15, -0.1) is 0 Å².